The number of nitrogens with zero attached hydrogens (tertiary/aromatic N) is 6. The molecule has 20 heteroatoms. The Morgan fingerprint density at radius 1 is 1.15 bits per heavy atom. The van der Waals surface area contributed by atoms with Crippen LogP contribution in [0.3, 0.4) is 0 Å². The van der Waals surface area contributed by atoms with Gasteiger partial charge in [-0.15, -0.1) is 5.10 Å². The van der Waals surface area contributed by atoms with Crippen molar-refractivity contribution in [1.82, 2.24) is 25.2 Å². The molecule has 0 fully saturated rings. The number of aliphatic hydroxyl groups excluding tert-OH is 1. The van der Waals surface area contributed by atoms with E-state index in [0.717, 1.165) is 18.2 Å². The highest BCUT2D eigenvalue weighted by molar-refractivity contribution is 7.99. The molecule has 3 aromatic rings. The summed E-state index contributed by atoms with van der Waals surface area (Å²) in [6.45, 7) is 2.69. The first-order chi connectivity index (χ1) is 18.3. The van der Waals surface area contributed by atoms with Crippen LogP contribution in [0.5, 0.6) is 0 Å². The van der Waals surface area contributed by atoms with Gasteiger partial charge in [0, 0.05) is 28.8 Å². The van der Waals surface area contributed by atoms with E-state index in [2.05, 4.69) is 20.5 Å². The lowest BCUT2D eigenvalue weighted by Gasteiger charge is -2.28. The number of nitro benzene ring substituents is 1. The van der Waals surface area contributed by atoms with Crippen molar-refractivity contribution in [1.29, 1.82) is 0 Å². The Kier molecular flexibility index (Phi) is 8.08. The Hall–Kier alpha value is -3.94. The van der Waals surface area contributed by atoms with Crippen LogP contribution in [-0.4, -0.2) is 59.8 Å². The number of hydrogen-bond acceptors (Lipinski definition) is 9. The van der Waals surface area contributed by atoms with Gasteiger partial charge in [-0.25, -0.2) is 14.1 Å². The third-order valence-corrected chi connectivity index (χ3v) is 6.22. The maximum atomic E-state index is 14.5. The molecule has 0 saturated carbocycles. The summed E-state index contributed by atoms with van der Waals surface area (Å²) in [7, 11) is 0. The molecule has 0 radical (unpaired) electrons. The predicted molar refractivity (Wildman–Crippen MR) is 118 cm³/mol. The number of tetrazole rings is 1. The van der Waals surface area contributed by atoms with Crippen LogP contribution in [0.25, 0.3) is 0 Å². The summed E-state index contributed by atoms with van der Waals surface area (Å²) in [5.74, 6) is -16.9. The highest BCUT2D eigenvalue weighted by atomic mass is 32.2. The van der Waals surface area contributed by atoms with E-state index in [-0.39, 0.29) is 22.3 Å². The Morgan fingerprint density at radius 3 is 2.35 bits per heavy atom. The molecule has 0 spiro atoms. The van der Waals surface area contributed by atoms with E-state index in [4.69, 9.17) is 0 Å². The van der Waals surface area contributed by atoms with Gasteiger partial charge in [0.05, 0.1) is 22.6 Å². The molecule has 11 nitrogen and oxygen atoms in total. The lowest BCUT2D eigenvalue weighted by atomic mass is 10.0. The van der Waals surface area contributed by atoms with Gasteiger partial charge in [-0.05, 0) is 48.2 Å². The molecule has 2 aromatic heterocycles. The average molecular weight is 601 g/mol. The van der Waals surface area contributed by atoms with E-state index in [1.807, 2.05) is 0 Å². The second kappa shape index (κ2) is 10.6. The number of halogens is 8. The van der Waals surface area contributed by atoms with Gasteiger partial charge in [-0.2, -0.15) is 30.7 Å². The summed E-state index contributed by atoms with van der Waals surface area (Å²) < 4.78 is 107. The third-order valence-electron chi connectivity index (χ3n) is 5.21. The fraction of sp³-hybridized carbons (Fsp3) is 0.350. The largest absolute Gasteiger partial charge is 0.460 e. The standard InChI is InChI=1S/C20H15F8N7O4S/c1-17(2,8-36)34-16(31-32-33-34)40-13-4-3-10(35(38)39)6-11(13)15(37)30-14-12(21)5-9(7-29-14)18(22,23)19(24,25)20(26,27)28/h3-7,36H,8H2,1-2H3,(H,29,30,37). The zero-order valence-electron chi connectivity index (χ0n) is 19.9. The molecule has 2 heterocycles. The second-order valence-electron chi connectivity index (χ2n) is 8.54. The molecule has 216 valence electrons. The first kappa shape index (κ1) is 30.6. The van der Waals surface area contributed by atoms with Gasteiger partial charge in [-0.3, -0.25) is 14.9 Å². The van der Waals surface area contributed by atoms with E-state index in [1.165, 1.54) is 4.68 Å². The van der Waals surface area contributed by atoms with Crippen molar-refractivity contribution in [3.63, 3.8) is 0 Å². The van der Waals surface area contributed by atoms with Crippen LogP contribution in [0, 0.1) is 15.9 Å². The molecule has 1 aromatic carbocycles. The number of nitro groups is 1. The zero-order chi connectivity index (χ0) is 30.3. The van der Waals surface area contributed by atoms with Crippen LogP contribution in [-0.2, 0) is 11.5 Å². The number of non-ortho nitro benzene ring substituents is 1. The molecular weight excluding hydrogens is 586 g/mol. The average Bonchev–Trinajstić information content (AvgIpc) is 3.33. The minimum absolute atomic E-state index is 0.00318. The highest BCUT2D eigenvalue weighted by Gasteiger charge is 2.73. The number of rotatable bonds is 9. The molecule has 0 aliphatic rings. The number of hydrogen-bond donors (Lipinski definition) is 2. The lowest BCUT2D eigenvalue weighted by Crippen LogP contribution is -2.50. The Bertz CT molecular complexity index is 1450. The first-order valence-electron chi connectivity index (χ1n) is 10.5. The van der Waals surface area contributed by atoms with Crippen molar-refractivity contribution in [2.75, 3.05) is 11.9 Å². The van der Waals surface area contributed by atoms with Crippen molar-refractivity contribution in [3.8, 4) is 0 Å². The third kappa shape index (κ3) is 5.67. The smallest absolute Gasteiger partial charge is 0.394 e. The van der Waals surface area contributed by atoms with E-state index in [0.29, 0.717) is 11.8 Å². The summed E-state index contributed by atoms with van der Waals surface area (Å²) in [4.78, 5) is 26.3. The summed E-state index contributed by atoms with van der Waals surface area (Å²) in [6.07, 6.45) is -6.87. The van der Waals surface area contributed by atoms with E-state index in [9.17, 15) is 55.1 Å². The minimum atomic E-state index is -6.68. The quantitative estimate of drug-likeness (QED) is 0.205. The molecular formula is C20H15F8N7O4S. The number of benzene rings is 1. The number of aromatic nitrogens is 5. The normalized spacial score (nSPS) is 12.9. The number of pyridine rings is 1. The second-order valence-corrected chi connectivity index (χ2v) is 9.55. The fourth-order valence-corrected chi connectivity index (χ4v) is 3.96. The van der Waals surface area contributed by atoms with Crippen LogP contribution < -0.4 is 5.32 Å². The number of alkyl halides is 7. The van der Waals surface area contributed by atoms with Gasteiger partial charge in [0.1, 0.15) is 0 Å². The maximum Gasteiger partial charge on any atom is 0.460 e. The molecule has 3 rings (SSSR count). The molecule has 40 heavy (non-hydrogen) atoms. The highest BCUT2D eigenvalue weighted by Crippen LogP contribution is 2.51. The topological polar surface area (TPSA) is 149 Å². The molecule has 0 aliphatic carbocycles. The zero-order valence-corrected chi connectivity index (χ0v) is 20.7. The number of nitrogens with one attached hydrogen (secondary N) is 1. The Balaban J connectivity index is 1.98. The van der Waals surface area contributed by atoms with Crippen molar-refractivity contribution in [2.24, 2.45) is 0 Å². The van der Waals surface area contributed by atoms with Crippen LogP contribution in [0.15, 0.2) is 40.5 Å². The maximum absolute atomic E-state index is 14.5. The monoisotopic (exact) mass is 601 g/mol. The summed E-state index contributed by atoms with van der Waals surface area (Å²) in [6, 6.07) is 2.50. The van der Waals surface area contributed by atoms with E-state index < -0.39 is 69.4 Å². The fourth-order valence-electron chi connectivity index (χ4n) is 2.92. The minimum Gasteiger partial charge on any atom is -0.394 e. The Morgan fingerprint density at radius 2 is 1.80 bits per heavy atom. The van der Waals surface area contributed by atoms with Crippen LogP contribution in [0.2, 0.25) is 0 Å². The van der Waals surface area contributed by atoms with E-state index in [1.54, 1.807) is 19.2 Å². The van der Waals surface area contributed by atoms with Crippen LogP contribution >= 0.6 is 11.8 Å². The van der Waals surface area contributed by atoms with Gasteiger partial charge >= 0.3 is 18.0 Å². The molecule has 0 atom stereocenters. The van der Waals surface area contributed by atoms with Crippen molar-refractivity contribution >= 4 is 29.2 Å². The van der Waals surface area contributed by atoms with Gasteiger partial charge in [0.15, 0.2) is 11.6 Å². The van der Waals surface area contributed by atoms with Crippen molar-refractivity contribution in [2.45, 2.75) is 47.5 Å². The number of carbonyl (C=O) groups excluding carboxylic acids is 1. The first-order valence-corrected chi connectivity index (χ1v) is 11.3. The number of amides is 1. The summed E-state index contributed by atoms with van der Waals surface area (Å²) in [5.41, 5.74) is -4.28. The Labute approximate surface area is 221 Å². The molecule has 1 amide bonds. The summed E-state index contributed by atoms with van der Waals surface area (Å²) >= 11 is 0.693. The number of anilines is 1. The number of carbonyl (C=O) groups is 1. The predicted octanol–water partition coefficient (Wildman–Crippen LogP) is 4.54. The van der Waals surface area contributed by atoms with Gasteiger partial charge in [0.25, 0.3) is 11.6 Å². The molecule has 0 bridgehead atoms. The van der Waals surface area contributed by atoms with Gasteiger partial charge < -0.3 is 10.4 Å². The molecule has 0 aliphatic heterocycles. The molecule has 0 saturated heterocycles. The SMILES string of the molecule is CC(C)(CO)n1nnnc1Sc1ccc([N+](=O)[O-])cc1C(=O)Nc1ncc(C(F)(F)C(F)(F)C(F)(F)F)cc1F. The van der Waals surface area contributed by atoms with E-state index >= 15 is 0 Å². The van der Waals surface area contributed by atoms with Gasteiger partial charge in [-0.1, -0.05) is 0 Å². The molecule has 0 unspecified atom stereocenters. The van der Waals surface area contributed by atoms with Crippen LogP contribution in [0.1, 0.15) is 29.8 Å². The van der Waals surface area contributed by atoms with Crippen LogP contribution in [0.4, 0.5) is 46.6 Å². The van der Waals surface area contributed by atoms with Crippen molar-refractivity contribution < 1.29 is 49.9 Å². The summed E-state index contributed by atoms with van der Waals surface area (Å²) in [5, 5.41) is 33.6. The van der Waals surface area contributed by atoms with Gasteiger partial charge in [0.2, 0.25) is 5.16 Å². The number of aliphatic hydroxyl groups is 1. The molecule has 2 N–H and O–H groups in total. The lowest BCUT2D eigenvalue weighted by molar-refractivity contribution is -0.384. The van der Waals surface area contributed by atoms with Crippen molar-refractivity contribution in [3.05, 3.63) is 57.5 Å².